The molecule has 0 fully saturated rings. The van der Waals surface area contributed by atoms with E-state index >= 15 is 0 Å². The van der Waals surface area contributed by atoms with Gasteiger partial charge in [-0.1, -0.05) is 6.07 Å². The number of carbonyl (C=O) groups excluding carboxylic acids is 2. The summed E-state index contributed by atoms with van der Waals surface area (Å²) in [4.78, 5) is 23.0. The summed E-state index contributed by atoms with van der Waals surface area (Å²) < 4.78 is 5.40. The Morgan fingerprint density at radius 2 is 2.10 bits per heavy atom. The van der Waals surface area contributed by atoms with Gasteiger partial charge in [-0.3, -0.25) is 9.59 Å². The molecule has 6 heteroatoms. The Hall–Kier alpha value is -2.08. The Bertz CT molecular complexity index is 542. The number of benzene rings is 1. The fourth-order valence-electron chi connectivity index (χ4n) is 2.13. The van der Waals surface area contributed by atoms with Gasteiger partial charge in [0.25, 0.3) is 0 Å². The van der Waals surface area contributed by atoms with Gasteiger partial charge in [-0.15, -0.1) is 0 Å². The molecule has 1 aliphatic heterocycles. The van der Waals surface area contributed by atoms with Crippen molar-refractivity contribution < 1.29 is 19.4 Å². The molecule has 0 aromatic heterocycles. The lowest BCUT2D eigenvalue weighted by Gasteiger charge is -2.14. The first-order valence-corrected chi connectivity index (χ1v) is 6.99. The van der Waals surface area contributed by atoms with Crippen molar-refractivity contribution in [1.29, 1.82) is 0 Å². The number of ether oxygens (including phenoxy) is 1. The topological polar surface area (TPSA) is 87.7 Å². The van der Waals surface area contributed by atoms with E-state index < -0.39 is 17.9 Å². The molecular formula is C15H20N2O4. The number of hydrogen-bond acceptors (Lipinski definition) is 4. The molecule has 0 saturated heterocycles. The van der Waals surface area contributed by atoms with E-state index in [-0.39, 0.29) is 12.6 Å². The molecule has 21 heavy (non-hydrogen) atoms. The quantitative estimate of drug-likeness (QED) is 0.696. The summed E-state index contributed by atoms with van der Waals surface area (Å²) in [5.74, 6) is -0.599. The van der Waals surface area contributed by atoms with Crippen molar-refractivity contribution in [3.8, 4) is 5.75 Å². The molecule has 0 spiro atoms. The van der Waals surface area contributed by atoms with E-state index in [0.717, 1.165) is 17.7 Å². The van der Waals surface area contributed by atoms with E-state index in [1.165, 1.54) is 0 Å². The zero-order valence-corrected chi connectivity index (χ0v) is 12.2. The Morgan fingerprint density at radius 1 is 1.33 bits per heavy atom. The maximum Gasteiger partial charge on any atom is 0.309 e. The van der Waals surface area contributed by atoms with Crippen LogP contribution in [0.4, 0.5) is 0 Å². The Kier molecular flexibility index (Phi) is 4.80. The molecule has 6 nitrogen and oxygen atoms in total. The molecule has 1 unspecified atom stereocenters. The number of rotatable bonds is 4. The summed E-state index contributed by atoms with van der Waals surface area (Å²) in [7, 11) is 0. The largest absolute Gasteiger partial charge is 0.493 e. The molecule has 2 rings (SSSR count). The molecule has 1 aliphatic rings. The summed E-state index contributed by atoms with van der Waals surface area (Å²) in [5, 5.41) is 15.0. The third kappa shape index (κ3) is 3.95. The average Bonchev–Trinajstić information content (AvgIpc) is 2.90. The van der Waals surface area contributed by atoms with Gasteiger partial charge < -0.3 is 20.5 Å². The summed E-state index contributed by atoms with van der Waals surface area (Å²) >= 11 is 0. The van der Waals surface area contributed by atoms with Crippen molar-refractivity contribution in [2.45, 2.75) is 32.4 Å². The molecule has 1 heterocycles. The van der Waals surface area contributed by atoms with Gasteiger partial charge in [0, 0.05) is 19.0 Å². The van der Waals surface area contributed by atoms with Gasteiger partial charge >= 0.3 is 11.8 Å². The monoisotopic (exact) mass is 292 g/mol. The maximum absolute atomic E-state index is 11.5. The highest BCUT2D eigenvalue weighted by Crippen LogP contribution is 2.27. The molecule has 0 aliphatic carbocycles. The minimum atomic E-state index is -0.855. The van der Waals surface area contributed by atoms with E-state index in [0.29, 0.717) is 12.2 Å². The molecule has 2 amide bonds. The van der Waals surface area contributed by atoms with E-state index in [1.807, 2.05) is 12.1 Å². The SMILES string of the molecule is CC(C)NC(=O)C(=O)NCC(O)c1ccc2c(c1)CCO2. The van der Waals surface area contributed by atoms with Crippen LogP contribution in [-0.2, 0) is 16.0 Å². The van der Waals surface area contributed by atoms with Gasteiger partial charge in [0.05, 0.1) is 12.7 Å². The number of fused-ring (bicyclic) bond motifs is 1. The number of aliphatic hydroxyl groups is 1. The van der Waals surface area contributed by atoms with Crippen LogP contribution in [0.3, 0.4) is 0 Å². The highest BCUT2D eigenvalue weighted by atomic mass is 16.5. The summed E-state index contributed by atoms with van der Waals surface area (Å²) in [5.41, 5.74) is 1.75. The van der Waals surface area contributed by atoms with E-state index in [2.05, 4.69) is 10.6 Å². The molecule has 114 valence electrons. The molecule has 0 radical (unpaired) electrons. The Balaban J connectivity index is 1.88. The normalized spacial score (nSPS) is 14.3. The van der Waals surface area contributed by atoms with Gasteiger partial charge in [-0.2, -0.15) is 0 Å². The fourth-order valence-corrected chi connectivity index (χ4v) is 2.13. The number of nitrogens with one attached hydrogen (secondary N) is 2. The van der Waals surface area contributed by atoms with E-state index in [1.54, 1.807) is 19.9 Å². The van der Waals surface area contributed by atoms with Crippen LogP contribution < -0.4 is 15.4 Å². The smallest absolute Gasteiger partial charge is 0.309 e. The summed E-state index contributed by atoms with van der Waals surface area (Å²) in [6, 6.07) is 5.33. The van der Waals surface area contributed by atoms with Gasteiger partial charge in [-0.05, 0) is 37.1 Å². The van der Waals surface area contributed by atoms with Crippen molar-refractivity contribution in [3.05, 3.63) is 29.3 Å². The molecule has 1 aromatic carbocycles. The summed E-state index contributed by atoms with van der Waals surface area (Å²) in [6.45, 7) is 4.18. The number of amides is 2. The lowest BCUT2D eigenvalue weighted by Crippen LogP contribution is -2.43. The summed E-state index contributed by atoms with van der Waals surface area (Å²) in [6.07, 6.45) is -0.0364. The molecule has 1 atom stereocenters. The van der Waals surface area contributed by atoms with Crippen molar-refractivity contribution in [1.82, 2.24) is 10.6 Å². The molecule has 3 N–H and O–H groups in total. The van der Waals surface area contributed by atoms with Gasteiger partial charge in [0.1, 0.15) is 5.75 Å². The minimum Gasteiger partial charge on any atom is -0.493 e. The average molecular weight is 292 g/mol. The predicted molar refractivity (Wildman–Crippen MR) is 76.9 cm³/mol. The van der Waals surface area contributed by atoms with Crippen LogP contribution in [-0.4, -0.2) is 36.1 Å². The first-order chi connectivity index (χ1) is 9.97. The Morgan fingerprint density at radius 3 is 2.81 bits per heavy atom. The van der Waals surface area contributed by atoms with Crippen LogP contribution in [0.25, 0.3) is 0 Å². The second kappa shape index (κ2) is 6.58. The number of hydrogen-bond donors (Lipinski definition) is 3. The molecule has 0 saturated carbocycles. The van der Waals surface area contributed by atoms with Crippen molar-refractivity contribution in [3.63, 3.8) is 0 Å². The second-order valence-corrected chi connectivity index (χ2v) is 5.32. The highest BCUT2D eigenvalue weighted by Gasteiger charge is 2.18. The van der Waals surface area contributed by atoms with Crippen molar-refractivity contribution in [2.24, 2.45) is 0 Å². The van der Waals surface area contributed by atoms with Crippen molar-refractivity contribution in [2.75, 3.05) is 13.2 Å². The van der Waals surface area contributed by atoms with Gasteiger partial charge in [0.2, 0.25) is 0 Å². The maximum atomic E-state index is 11.5. The lowest BCUT2D eigenvalue weighted by atomic mass is 10.0. The van der Waals surface area contributed by atoms with Crippen LogP contribution in [0.1, 0.15) is 31.1 Å². The standard InChI is InChI=1S/C15H20N2O4/c1-9(2)17-15(20)14(19)16-8-12(18)10-3-4-13-11(7-10)5-6-21-13/h3-4,7,9,12,18H,5-6,8H2,1-2H3,(H,16,19)(H,17,20). The number of aliphatic hydroxyl groups excluding tert-OH is 1. The predicted octanol–water partition coefficient (Wildman–Crippen LogP) is 0.296. The highest BCUT2D eigenvalue weighted by molar-refractivity contribution is 6.35. The lowest BCUT2D eigenvalue weighted by molar-refractivity contribution is -0.139. The molecule has 0 bridgehead atoms. The third-order valence-corrected chi connectivity index (χ3v) is 3.18. The zero-order valence-electron chi connectivity index (χ0n) is 12.2. The zero-order chi connectivity index (χ0) is 15.4. The molecule has 1 aromatic rings. The van der Waals surface area contributed by atoms with Crippen LogP contribution in [0.15, 0.2) is 18.2 Å². The minimum absolute atomic E-state index is 0.00993. The van der Waals surface area contributed by atoms with Crippen LogP contribution >= 0.6 is 0 Å². The van der Waals surface area contributed by atoms with E-state index in [9.17, 15) is 14.7 Å². The van der Waals surface area contributed by atoms with E-state index in [4.69, 9.17) is 4.74 Å². The first kappa shape index (κ1) is 15.3. The van der Waals surface area contributed by atoms with Gasteiger partial charge in [0.15, 0.2) is 0 Å². The Labute approximate surface area is 123 Å². The third-order valence-electron chi connectivity index (χ3n) is 3.18. The fraction of sp³-hybridized carbons (Fsp3) is 0.467. The van der Waals surface area contributed by atoms with Crippen LogP contribution in [0.5, 0.6) is 5.75 Å². The second-order valence-electron chi connectivity index (χ2n) is 5.32. The van der Waals surface area contributed by atoms with Crippen LogP contribution in [0.2, 0.25) is 0 Å². The van der Waals surface area contributed by atoms with Gasteiger partial charge in [-0.25, -0.2) is 0 Å². The molecular weight excluding hydrogens is 272 g/mol. The number of carbonyl (C=O) groups is 2. The van der Waals surface area contributed by atoms with Crippen molar-refractivity contribution >= 4 is 11.8 Å². The first-order valence-electron chi connectivity index (χ1n) is 6.99. The van der Waals surface area contributed by atoms with Crippen LogP contribution in [0, 0.1) is 0 Å².